The van der Waals surface area contributed by atoms with E-state index in [1.807, 2.05) is 12.1 Å². The minimum Gasteiger partial charge on any atom is -0.396 e. The van der Waals surface area contributed by atoms with Crippen LogP contribution in [0.2, 0.25) is 5.02 Å². The topological polar surface area (TPSA) is 75.4 Å². The van der Waals surface area contributed by atoms with Gasteiger partial charge in [0.15, 0.2) is 0 Å². The summed E-state index contributed by atoms with van der Waals surface area (Å²) in [4.78, 5) is 32.6. The molecule has 0 unspecified atom stereocenters. The second-order valence-corrected chi connectivity index (χ2v) is 12.6. The molecule has 0 atom stereocenters. The summed E-state index contributed by atoms with van der Waals surface area (Å²) in [7, 11) is 0. The quantitative estimate of drug-likeness (QED) is 0.569. The van der Waals surface area contributed by atoms with Crippen molar-refractivity contribution in [2.75, 3.05) is 19.7 Å². The first-order chi connectivity index (χ1) is 17.2. The van der Waals surface area contributed by atoms with Gasteiger partial charge in [-0.25, -0.2) is 0 Å². The SMILES string of the molecule is CC1(C)c2cc(C3CCN(C(=O)C45CC(CO)(C4)C5)CC3)ccc2-n2c1nc(=O)c1c(Cl)cccc12. The average molecular weight is 504 g/mol. The Morgan fingerprint density at radius 1 is 1.14 bits per heavy atom. The highest BCUT2D eigenvalue weighted by Gasteiger charge is 2.71. The molecule has 0 radical (unpaired) electrons. The molecule has 3 heterocycles. The van der Waals surface area contributed by atoms with E-state index in [0.29, 0.717) is 22.2 Å². The minimum atomic E-state index is -0.412. The van der Waals surface area contributed by atoms with Crippen LogP contribution in [-0.2, 0) is 10.2 Å². The van der Waals surface area contributed by atoms with E-state index in [9.17, 15) is 14.7 Å². The molecule has 0 spiro atoms. The number of halogens is 1. The normalized spacial score (nSPS) is 27.8. The lowest BCUT2D eigenvalue weighted by atomic mass is 9.35. The number of carbonyl (C=O) groups is 1. The number of aromatic nitrogens is 2. The van der Waals surface area contributed by atoms with Crippen LogP contribution < -0.4 is 5.56 Å². The van der Waals surface area contributed by atoms with Gasteiger partial charge in [-0.05, 0) is 86.6 Å². The van der Waals surface area contributed by atoms with E-state index < -0.39 is 5.41 Å². The number of benzene rings is 2. The van der Waals surface area contributed by atoms with Gasteiger partial charge < -0.3 is 10.0 Å². The van der Waals surface area contributed by atoms with Gasteiger partial charge in [-0.1, -0.05) is 29.8 Å². The Balaban J connectivity index is 1.17. The predicted molar refractivity (Wildman–Crippen MR) is 139 cm³/mol. The summed E-state index contributed by atoms with van der Waals surface area (Å²) in [5, 5.41) is 10.4. The summed E-state index contributed by atoms with van der Waals surface area (Å²) in [6.07, 6.45) is 4.51. The maximum absolute atomic E-state index is 13.2. The van der Waals surface area contributed by atoms with Gasteiger partial charge in [0.2, 0.25) is 5.91 Å². The highest BCUT2D eigenvalue weighted by atomic mass is 35.5. The number of aliphatic hydroxyl groups is 1. The molecule has 36 heavy (non-hydrogen) atoms. The first kappa shape index (κ1) is 22.5. The van der Waals surface area contributed by atoms with Crippen molar-refractivity contribution in [3.05, 3.63) is 68.7 Å². The van der Waals surface area contributed by atoms with Gasteiger partial charge in [-0.3, -0.25) is 14.2 Å². The molecule has 4 fully saturated rings. The average Bonchev–Trinajstić information content (AvgIpc) is 3.04. The fourth-order valence-corrected chi connectivity index (χ4v) is 7.91. The minimum absolute atomic E-state index is 0.0547. The molecule has 5 aliphatic rings. The van der Waals surface area contributed by atoms with Crippen LogP contribution in [-0.4, -0.2) is 45.2 Å². The lowest BCUT2D eigenvalue weighted by molar-refractivity contribution is -0.228. The molecule has 186 valence electrons. The zero-order valence-electron chi connectivity index (χ0n) is 20.7. The van der Waals surface area contributed by atoms with Crippen LogP contribution in [0, 0.1) is 10.8 Å². The second kappa shape index (κ2) is 7.20. The maximum atomic E-state index is 13.2. The first-order valence-corrected chi connectivity index (χ1v) is 13.3. The standard InChI is InChI=1S/C29H30ClN3O3/c1-27(2)19-12-18(17-8-10-32(11-9-17)26(36)29-13-28(14-29,15-29)16-34)6-7-21(19)33-22-5-3-4-20(30)23(22)24(35)31-25(27)33/h3-7,12,17,34H,8-11,13-16H2,1-2H3. The molecule has 3 aromatic rings. The summed E-state index contributed by atoms with van der Waals surface area (Å²) in [6.45, 7) is 6.05. The van der Waals surface area contributed by atoms with E-state index in [1.165, 1.54) is 11.1 Å². The Morgan fingerprint density at radius 3 is 2.56 bits per heavy atom. The first-order valence-electron chi connectivity index (χ1n) is 12.9. The van der Waals surface area contributed by atoms with Crippen LogP contribution in [0.5, 0.6) is 0 Å². The van der Waals surface area contributed by atoms with Crippen molar-refractivity contribution in [1.82, 2.24) is 14.5 Å². The second-order valence-electron chi connectivity index (χ2n) is 12.1. The Labute approximate surface area is 214 Å². The van der Waals surface area contributed by atoms with Gasteiger partial charge in [-0.15, -0.1) is 0 Å². The van der Waals surface area contributed by atoms with Crippen LogP contribution in [0.15, 0.2) is 41.2 Å². The van der Waals surface area contributed by atoms with Gasteiger partial charge in [-0.2, -0.15) is 4.98 Å². The number of fused-ring (bicyclic) bond motifs is 5. The third kappa shape index (κ3) is 2.80. The van der Waals surface area contributed by atoms with E-state index in [1.54, 1.807) is 6.07 Å². The lowest BCUT2D eigenvalue weighted by Gasteiger charge is -2.69. The highest BCUT2D eigenvalue weighted by Crippen LogP contribution is 2.73. The number of hydrogen-bond acceptors (Lipinski definition) is 4. The van der Waals surface area contributed by atoms with Crippen molar-refractivity contribution in [1.29, 1.82) is 0 Å². The van der Waals surface area contributed by atoms with E-state index in [0.717, 1.165) is 62.2 Å². The molecule has 6 nitrogen and oxygen atoms in total. The van der Waals surface area contributed by atoms with Crippen molar-refractivity contribution in [3.8, 4) is 5.69 Å². The van der Waals surface area contributed by atoms with Crippen LogP contribution in [0.3, 0.4) is 0 Å². The lowest BCUT2D eigenvalue weighted by Crippen LogP contribution is -2.69. The summed E-state index contributed by atoms with van der Waals surface area (Å²) >= 11 is 6.39. The van der Waals surface area contributed by atoms with Crippen molar-refractivity contribution < 1.29 is 9.90 Å². The van der Waals surface area contributed by atoms with Gasteiger partial charge in [0.25, 0.3) is 5.56 Å². The Morgan fingerprint density at radius 2 is 1.86 bits per heavy atom. The molecule has 1 amide bonds. The Hall–Kier alpha value is -2.70. The highest BCUT2D eigenvalue weighted by molar-refractivity contribution is 6.35. The number of amides is 1. The van der Waals surface area contributed by atoms with E-state index in [-0.39, 0.29) is 23.0 Å². The molecular weight excluding hydrogens is 474 g/mol. The van der Waals surface area contributed by atoms with Crippen LogP contribution in [0.25, 0.3) is 16.6 Å². The number of nitrogens with zero attached hydrogens (tertiary/aromatic N) is 3. The Kier molecular flexibility index (Phi) is 4.50. The molecular formula is C29H30ClN3O3. The molecule has 8 rings (SSSR count). The monoisotopic (exact) mass is 503 g/mol. The molecule has 3 aliphatic carbocycles. The molecule has 3 saturated carbocycles. The van der Waals surface area contributed by atoms with Crippen LogP contribution >= 0.6 is 11.6 Å². The molecule has 1 aromatic heterocycles. The third-order valence-electron chi connectivity index (χ3n) is 9.54. The third-order valence-corrected chi connectivity index (χ3v) is 9.86. The number of likely N-dealkylation sites (tertiary alicyclic amines) is 1. The summed E-state index contributed by atoms with van der Waals surface area (Å²) in [6, 6.07) is 12.2. The van der Waals surface area contributed by atoms with E-state index in [4.69, 9.17) is 11.6 Å². The fraction of sp³-hybridized carbons (Fsp3) is 0.483. The number of aliphatic hydroxyl groups excluding tert-OH is 1. The largest absolute Gasteiger partial charge is 0.396 e. The summed E-state index contributed by atoms with van der Waals surface area (Å²) < 4.78 is 2.09. The number of hydrogen-bond donors (Lipinski definition) is 1. The van der Waals surface area contributed by atoms with Gasteiger partial charge in [0, 0.05) is 19.7 Å². The van der Waals surface area contributed by atoms with Crippen LogP contribution in [0.4, 0.5) is 0 Å². The van der Waals surface area contributed by atoms with Crippen molar-refractivity contribution in [3.63, 3.8) is 0 Å². The van der Waals surface area contributed by atoms with Gasteiger partial charge >= 0.3 is 0 Å². The van der Waals surface area contributed by atoms with Crippen LogP contribution in [0.1, 0.15) is 68.8 Å². The van der Waals surface area contributed by atoms with Gasteiger partial charge in [0.1, 0.15) is 5.82 Å². The maximum Gasteiger partial charge on any atom is 0.282 e. The fourth-order valence-electron chi connectivity index (χ4n) is 7.66. The van der Waals surface area contributed by atoms with Crippen molar-refractivity contribution >= 4 is 28.4 Å². The molecule has 2 bridgehead atoms. The summed E-state index contributed by atoms with van der Waals surface area (Å²) in [5.41, 5.74) is 3.48. The Bertz CT molecular complexity index is 1500. The molecule has 1 N–H and O–H groups in total. The van der Waals surface area contributed by atoms with Gasteiger partial charge in [0.05, 0.1) is 32.4 Å². The van der Waals surface area contributed by atoms with E-state index in [2.05, 4.69) is 46.5 Å². The zero-order valence-corrected chi connectivity index (χ0v) is 21.4. The zero-order chi connectivity index (χ0) is 25.0. The summed E-state index contributed by atoms with van der Waals surface area (Å²) in [5.74, 6) is 1.45. The number of piperidine rings is 1. The molecule has 1 saturated heterocycles. The molecule has 2 aromatic carbocycles. The van der Waals surface area contributed by atoms with Crippen molar-refractivity contribution in [2.24, 2.45) is 10.8 Å². The smallest absolute Gasteiger partial charge is 0.282 e. The number of carbonyl (C=O) groups excluding carboxylic acids is 1. The number of rotatable bonds is 3. The van der Waals surface area contributed by atoms with E-state index >= 15 is 0 Å². The van der Waals surface area contributed by atoms with Crippen molar-refractivity contribution in [2.45, 2.75) is 57.3 Å². The molecule has 7 heteroatoms. The molecule has 2 aliphatic heterocycles. The predicted octanol–water partition coefficient (Wildman–Crippen LogP) is 4.55.